The highest BCUT2D eigenvalue weighted by atomic mass is 32.2. The minimum absolute atomic E-state index is 0.0835. The van der Waals surface area contributed by atoms with Crippen LogP contribution in [0.4, 0.5) is 0 Å². The zero-order chi connectivity index (χ0) is 12.1. The van der Waals surface area contributed by atoms with Crippen molar-refractivity contribution in [2.24, 2.45) is 0 Å². The number of rotatable bonds is 4. The molecule has 0 saturated carbocycles. The minimum Gasteiger partial charge on any atom is -0.272 e. The van der Waals surface area contributed by atoms with E-state index in [0.717, 1.165) is 18.7 Å². The zero-order valence-electron chi connectivity index (χ0n) is 10.0. The molecule has 1 aromatic rings. The highest BCUT2D eigenvalue weighted by Crippen LogP contribution is 2.15. The molecule has 17 heavy (non-hydrogen) atoms. The van der Waals surface area contributed by atoms with Crippen LogP contribution in [0.15, 0.2) is 24.3 Å². The van der Waals surface area contributed by atoms with Crippen molar-refractivity contribution in [1.82, 2.24) is 5.06 Å². The fourth-order valence-electron chi connectivity index (χ4n) is 1.77. The Morgan fingerprint density at radius 2 is 2.41 bits per heavy atom. The fourth-order valence-corrected chi connectivity index (χ4v) is 2.61. The number of thioether (sulfide) groups is 1. The summed E-state index contributed by atoms with van der Waals surface area (Å²) in [4.78, 5) is 16.9. The van der Waals surface area contributed by atoms with Crippen LogP contribution >= 0.6 is 11.8 Å². The topological polar surface area (TPSA) is 29.5 Å². The fraction of sp³-hybridized carbons (Fsp3) is 0.462. The highest BCUT2D eigenvalue weighted by Gasteiger charge is 2.18. The van der Waals surface area contributed by atoms with Crippen LogP contribution in [-0.4, -0.2) is 29.9 Å². The summed E-state index contributed by atoms with van der Waals surface area (Å²) in [6, 6.07) is 8.38. The van der Waals surface area contributed by atoms with Crippen LogP contribution in [0.2, 0.25) is 0 Å². The maximum Gasteiger partial charge on any atom is 0.256 e. The maximum atomic E-state index is 11.7. The van der Waals surface area contributed by atoms with Gasteiger partial charge in [0.1, 0.15) is 0 Å². The van der Waals surface area contributed by atoms with E-state index in [1.165, 1.54) is 16.2 Å². The molecule has 0 atom stereocenters. The largest absolute Gasteiger partial charge is 0.272 e. The number of carbonyl (C=O) groups is 1. The molecule has 0 aliphatic carbocycles. The minimum atomic E-state index is 0.0835. The summed E-state index contributed by atoms with van der Waals surface area (Å²) in [5, 5.41) is 1.49. The van der Waals surface area contributed by atoms with Crippen LogP contribution < -0.4 is 0 Å². The SMILES string of the molecule is Cc1cccc(CSCC(=O)N2CCCO2)c1. The third kappa shape index (κ3) is 3.75. The predicted molar refractivity (Wildman–Crippen MR) is 69.6 cm³/mol. The Morgan fingerprint density at radius 1 is 1.53 bits per heavy atom. The van der Waals surface area contributed by atoms with Crippen molar-refractivity contribution in [3.63, 3.8) is 0 Å². The summed E-state index contributed by atoms with van der Waals surface area (Å²) in [5.41, 5.74) is 2.53. The number of benzene rings is 1. The van der Waals surface area contributed by atoms with Gasteiger partial charge >= 0.3 is 0 Å². The summed E-state index contributed by atoms with van der Waals surface area (Å²) < 4.78 is 0. The van der Waals surface area contributed by atoms with E-state index in [4.69, 9.17) is 4.84 Å². The molecule has 0 N–H and O–H groups in total. The second-order valence-corrected chi connectivity index (χ2v) is 5.15. The van der Waals surface area contributed by atoms with Gasteiger partial charge in [-0.3, -0.25) is 9.63 Å². The molecule has 4 heteroatoms. The Labute approximate surface area is 106 Å². The van der Waals surface area contributed by atoms with E-state index in [0.29, 0.717) is 12.4 Å². The first-order chi connectivity index (χ1) is 8.25. The van der Waals surface area contributed by atoms with Crippen LogP contribution in [0.25, 0.3) is 0 Å². The van der Waals surface area contributed by atoms with Crippen molar-refractivity contribution in [2.75, 3.05) is 18.9 Å². The quantitative estimate of drug-likeness (QED) is 0.823. The van der Waals surface area contributed by atoms with Crippen LogP contribution in [0.1, 0.15) is 17.5 Å². The first-order valence-corrected chi connectivity index (χ1v) is 6.98. The van der Waals surface area contributed by atoms with Gasteiger partial charge in [0.25, 0.3) is 5.91 Å². The first kappa shape index (κ1) is 12.5. The Morgan fingerprint density at radius 3 is 3.12 bits per heavy atom. The van der Waals surface area contributed by atoms with Crippen LogP contribution in [0.3, 0.4) is 0 Å². The summed E-state index contributed by atoms with van der Waals surface area (Å²) in [7, 11) is 0. The Hall–Kier alpha value is -1.00. The predicted octanol–water partition coefficient (Wildman–Crippen LogP) is 2.39. The number of hydroxylamine groups is 2. The monoisotopic (exact) mass is 251 g/mol. The van der Waals surface area contributed by atoms with Gasteiger partial charge in [-0.2, -0.15) is 0 Å². The molecule has 2 rings (SSSR count). The van der Waals surface area contributed by atoms with Crippen LogP contribution in [-0.2, 0) is 15.4 Å². The van der Waals surface area contributed by atoms with Crippen molar-refractivity contribution in [3.8, 4) is 0 Å². The molecule has 1 aromatic carbocycles. The van der Waals surface area contributed by atoms with E-state index in [2.05, 4.69) is 31.2 Å². The van der Waals surface area contributed by atoms with E-state index in [1.807, 2.05) is 0 Å². The van der Waals surface area contributed by atoms with Crippen molar-refractivity contribution < 1.29 is 9.63 Å². The molecular formula is C13H17NO2S. The van der Waals surface area contributed by atoms with Gasteiger partial charge in [0, 0.05) is 5.75 Å². The molecule has 0 bridgehead atoms. The molecule has 0 radical (unpaired) electrons. The van der Waals surface area contributed by atoms with Crippen molar-refractivity contribution in [1.29, 1.82) is 0 Å². The van der Waals surface area contributed by atoms with Gasteiger partial charge in [-0.1, -0.05) is 29.8 Å². The molecule has 1 amide bonds. The van der Waals surface area contributed by atoms with Gasteiger partial charge < -0.3 is 0 Å². The molecule has 1 aliphatic heterocycles. The summed E-state index contributed by atoms with van der Waals surface area (Å²) in [6.45, 7) is 3.50. The number of aryl methyl sites for hydroxylation is 1. The summed E-state index contributed by atoms with van der Waals surface area (Å²) in [6.07, 6.45) is 0.953. The second-order valence-electron chi connectivity index (χ2n) is 4.16. The number of nitrogens with zero attached hydrogens (tertiary/aromatic N) is 1. The molecule has 0 spiro atoms. The van der Waals surface area contributed by atoms with Crippen LogP contribution in [0.5, 0.6) is 0 Å². The van der Waals surface area contributed by atoms with E-state index in [-0.39, 0.29) is 5.91 Å². The number of carbonyl (C=O) groups excluding carboxylic acids is 1. The lowest BCUT2D eigenvalue weighted by molar-refractivity contribution is -0.165. The number of hydrogen-bond acceptors (Lipinski definition) is 3. The Bertz CT molecular complexity index is 389. The van der Waals surface area contributed by atoms with Crippen molar-refractivity contribution in [3.05, 3.63) is 35.4 Å². The average molecular weight is 251 g/mol. The van der Waals surface area contributed by atoms with Crippen molar-refractivity contribution >= 4 is 17.7 Å². The average Bonchev–Trinajstić information content (AvgIpc) is 2.82. The van der Waals surface area contributed by atoms with Gasteiger partial charge in [0.05, 0.1) is 18.9 Å². The molecule has 3 nitrogen and oxygen atoms in total. The lowest BCUT2D eigenvalue weighted by Crippen LogP contribution is -2.28. The Kier molecular flexibility index (Phi) is 4.45. The molecule has 0 aromatic heterocycles. The van der Waals surface area contributed by atoms with Gasteiger partial charge in [-0.25, -0.2) is 5.06 Å². The second kappa shape index (κ2) is 6.07. The zero-order valence-corrected chi connectivity index (χ0v) is 10.8. The summed E-state index contributed by atoms with van der Waals surface area (Å²) >= 11 is 1.64. The summed E-state index contributed by atoms with van der Waals surface area (Å²) in [5.74, 6) is 1.45. The van der Waals surface area contributed by atoms with Gasteiger partial charge in [-0.05, 0) is 18.9 Å². The standard InChI is InChI=1S/C13H17NO2S/c1-11-4-2-5-12(8-11)9-17-10-13(15)14-6-3-7-16-14/h2,4-5,8H,3,6-7,9-10H2,1H3. The lowest BCUT2D eigenvalue weighted by atomic mass is 10.2. The molecule has 1 heterocycles. The smallest absolute Gasteiger partial charge is 0.256 e. The van der Waals surface area contributed by atoms with Crippen LogP contribution in [0, 0.1) is 6.92 Å². The first-order valence-electron chi connectivity index (χ1n) is 5.82. The molecule has 0 unspecified atom stereocenters. The molecule has 1 aliphatic rings. The Balaban J connectivity index is 1.73. The van der Waals surface area contributed by atoms with E-state index >= 15 is 0 Å². The molecule has 1 saturated heterocycles. The van der Waals surface area contributed by atoms with Crippen molar-refractivity contribution in [2.45, 2.75) is 19.1 Å². The maximum absolute atomic E-state index is 11.7. The third-order valence-electron chi connectivity index (χ3n) is 2.61. The van der Waals surface area contributed by atoms with Gasteiger partial charge in [0.2, 0.25) is 0 Å². The highest BCUT2D eigenvalue weighted by molar-refractivity contribution is 7.99. The number of hydrogen-bond donors (Lipinski definition) is 0. The van der Waals surface area contributed by atoms with Gasteiger partial charge in [0.15, 0.2) is 0 Å². The normalized spacial score (nSPS) is 15.2. The third-order valence-corrected chi connectivity index (χ3v) is 3.60. The van der Waals surface area contributed by atoms with E-state index in [9.17, 15) is 4.79 Å². The lowest BCUT2D eigenvalue weighted by Gasteiger charge is -2.13. The van der Waals surface area contributed by atoms with Gasteiger partial charge in [-0.15, -0.1) is 11.8 Å². The molecule has 92 valence electrons. The number of amides is 1. The van der Waals surface area contributed by atoms with E-state index < -0.39 is 0 Å². The molecule has 1 fully saturated rings. The molecular weight excluding hydrogens is 234 g/mol. The van der Waals surface area contributed by atoms with E-state index in [1.54, 1.807) is 11.8 Å².